The fraction of sp³-hybridized carbons (Fsp3) is 0.364. The van der Waals surface area contributed by atoms with Gasteiger partial charge in [0.05, 0.1) is 11.0 Å². The molecule has 6 nitrogen and oxygen atoms in total. The molecule has 1 saturated heterocycles. The quantitative estimate of drug-likeness (QED) is 0.703. The maximum atomic E-state index is 12.7. The average molecular weight is 411 g/mol. The zero-order chi connectivity index (χ0) is 20.4. The fourth-order valence-corrected chi connectivity index (χ4v) is 4.81. The number of aromatic nitrogens is 2. The zero-order valence-electron chi connectivity index (χ0n) is 16.9. The number of fused-ring (bicyclic) bond motifs is 1. The molecule has 4 rings (SSSR count). The number of aryl methyl sites for hydroxylation is 2. The summed E-state index contributed by atoms with van der Waals surface area (Å²) in [6, 6.07) is 13.7. The van der Waals surface area contributed by atoms with Crippen molar-refractivity contribution in [3.05, 3.63) is 64.1 Å². The highest BCUT2D eigenvalue weighted by atomic mass is 32.2. The van der Waals surface area contributed by atoms with Gasteiger partial charge >= 0.3 is 5.69 Å². The van der Waals surface area contributed by atoms with E-state index in [1.807, 2.05) is 49.0 Å². The number of carbonyl (C=O) groups is 1. The molecule has 0 spiro atoms. The van der Waals surface area contributed by atoms with Crippen LogP contribution in [0.5, 0.6) is 0 Å². The van der Waals surface area contributed by atoms with Gasteiger partial charge in [0, 0.05) is 43.9 Å². The van der Waals surface area contributed by atoms with Crippen molar-refractivity contribution in [1.82, 2.24) is 14.0 Å². The lowest BCUT2D eigenvalue weighted by Gasteiger charge is -2.26. The van der Waals surface area contributed by atoms with Crippen LogP contribution in [0.15, 0.2) is 47.3 Å². The third kappa shape index (κ3) is 4.26. The van der Waals surface area contributed by atoms with Gasteiger partial charge in [0.1, 0.15) is 6.54 Å². The molecule has 1 aromatic heterocycles. The van der Waals surface area contributed by atoms with Crippen LogP contribution >= 0.6 is 11.8 Å². The second-order valence-corrected chi connectivity index (χ2v) is 8.73. The van der Waals surface area contributed by atoms with E-state index in [4.69, 9.17) is 0 Å². The summed E-state index contributed by atoms with van der Waals surface area (Å²) in [6.07, 6.45) is 0. The molecule has 1 fully saturated rings. The second-order valence-electron chi connectivity index (χ2n) is 7.50. The highest BCUT2D eigenvalue weighted by Crippen LogP contribution is 2.20. The van der Waals surface area contributed by atoms with Crippen LogP contribution in [0.2, 0.25) is 0 Å². The van der Waals surface area contributed by atoms with Gasteiger partial charge in [0.25, 0.3) is 0 Å². The Morgan fingerprint density at radius 3 is 2.55 bits per heavy atom. The molecule has 7 heteroatoms. The number of amides is 1. The zero-order valence-corrected chi connectivity index (χ0v) is 17.7. The Hall–Kier alpha value is -2.51. The maximum Gasteiger partial charge on any atom is 0.329 e. The van der Waals surface area contributed by atoms with Crippen molar-refractivity contribution in [3.8, 4) is 0 Å². The van der Waals surface area contributed by atoms with Crippen LogP contribution < -0.4 is 11.0 Å². The first kappa shape index (κ1) is 19.8. The number of hydrogen-bond acceptors (Lipinski definition) is 4. The van der Waals surface area contributed by atoms with E-state index >= 15 is 0 Å². The Balaban J connectivity index is 1.46. The van der Waals surface area contributed by atoms with E-state index in [1.54, 1.807) is 11.6 Å². The monoisotopic (exact) mass is 410 g/mol. The first-order chi connectivity index (χ1) is 14.0. The largest absolute Gasteiger partial charge is 0.329 e. The number of nitrogens with zero attached hydrogens (tertiary/aromatic N) is 3. The van der Waals surface area contributed by atoms with Crippen molar-refractivity contribution in [2.45, 2.75) is 20.0 Å². The Morgan fingerprint density at radius 1 is 1.10 bits per heavy atom. The summed E-state index contributed by atoms with van der Waals surface area (Å²) >= 11 is 2.01. The Labute approximate surface area is 174 Å². The molecule has 3 aromatic rings. The number of imidazole rings is 1. The van der Waals surface area contributed by atoms with Crippen LogP contribution in [0.25, 0.3) is 11.0 Å². The summed E-state index contributed by atoms with van der Waals surface area (Å²) < 4.78 is 3.09. The maximum absolute atomic E-state index is 12.7. The molecule has 0 saturated carbocycles. The van der Waals surface area contributed by atoms with E-state index in [-0.39, 0.29) is 18.1 Å². The Kier molecular flexibility index (Phi) is 5.78. The lowest BCUT2D eigenvalue weighted by molar-refractivity contribution is -0.116. The number of carbonyl (C=O) groups excluding carboxylic acids is 1. The molecule has 0 bridgehead atoms. The second kappa shape index (κ2) is 8.47. The molecule has 1 aliphatic rings. The number of thioether (sulfide) groups is 1. The smallest absolute Gasteiger partial charge is 0.324 e. The van der Waals surface area contributed by atoms with Crippen molar-refractivity contribution in [2.75, 3.05) is 29.9 Å². The number of anilines is 1. The van der Waals surface area contributed by atoms with Crippen LogP contribution in [-0.2, 0) is 24.9 Å². The van der Waals surface area contributed by atoms with Crippen LogP contribution in [0.1, 0.15) is 11.1 Å². The molecule has 29 heavy (non-hydrogen) atoms. The molecule has 0 unspecified atom stereocenters. The van der Waals surface area contributed by atoms with Crippen molar-refractivity contribution >= 4 is 34.4 Å². The van der Waals surface area contributed by atoms with Crippen LogP contribution in [0.4, 0.5) is 5.69 Å². The van der Waals surface area contributed by atoms with Gasteiger partial charge in [-0.25, -0.2) is 4.79 Å². The van der Waals surface area contributed by atoms with Crippen molar-refractivity contribution in [2.24, 2.45) is 7.05 Å². The third-order valence-corrected chi connectivity index (χ3v) is 6.37. The van der Waals surface area contributed by atoms with Gasteiger partial charge in [-0.05, 0) is 36.2 Å². The van der Waals surface area contributed by atoms with Crippen molar-refractivity contribution in [3.63, 3.8) is 0 Å². The van der Waals surface area contributed by atoms with Gasteiger partial charge < -0.3 is 5.32 Å². The Bertz CT molecular complexity index is 1100. The van der Waals surface area contributed by atoms with Gasteiger partial charge in [0.15, 0.2) is 0 Å². The van der Waals surface area contributed by atoms with E-state index < -0.39 is 0 Å². The number of benzene rings is 2. The molecule has 1 aliphatic heterocycles. The minimum Gasteiger partial charge on any atom is -0.324 e. The van der Waals surface area contributed by atoms with E-state index in [2.05, 4.69) is 22.3 Å². The Morgan fingerprint density at radius 2 is 1.83 bits per heavy atom. The fourth-order valence-electron chi connectivity index (χ4n) is 3.83. The number of para-hydroxylation sites is 2. The summed E-state index contributed by atoms with van der Waals surface area (Å²) in [5.74, 6) is 2.19. The third-order valence-electron chi connectivity index (χ3n) is 5.43. The average Bonchev–Trinajstić information content (AvgIpc) is 2.96. The van der Waals surface area contributed by atoms with Crippen LogP contribution in [0, 0.1) is 6.92 Å². The molecular weight excluding hydrogens is 384 g/mol. The van der Waals surface area contributed by atoms with E-state index in [0.717, 1.165) is 41.9 Å². The number of hydrogen-bond donors (Lipinski definition) is 1. The van der Waals surface area contributed by atoms with E-state index in [9.17, 15) is 9.59 Å². The van der Waals surface area contributed by atoms with Gasteiger partial charge in [-0.15, -0.1) is 0 Å². The molecule has 0 radical (unpaired) electrons. The van der Waals surface area contributed by atoms with Crippen molar-refractivity contribution in [1.29, 1.82) is 0 Å². The van der Waals surface area contributed by atoms with E-state index in [0.29, 0.717) is 0 Å². The molecule has 0 atom stereocenters. The van der Waals surface area contributed by atoms with Gasteiger partial charge in [-0.1, -0.05) is 24.3 Å². The normalized spacial score (nSPS) is 15.0. The molecule has 1 amide bonds. The van der Waals surface area contributed by atoms with Gasteiger partial charge in [-0.2, -0.15) is 11.8 Å². The summed E-state index contributed by atoms with van der Waals surface area (Å²) in [6.45, 7) is 5.20. The molecule has 152 valence electrons. The molecule has 2 aromatic carbocycles. The first-order valence-electron chi connectivity index (χ1n) is 9.86. The van der Waals surface area contributed by atoms with Gasteiger partial charge in [0.2, 0.25) is 5.91 Å². The minimum absolute atomic E-state index is 0.00712. The minimum atomic E-state index is -0.202. The molecule has 2 heterocycles. The topological polar surface area (TPSA) is 59.3 Å². The summed E-state index contributed by atoms with van der Waals surface area (Å²) in [7, 11) is 1.73. The van der Waals surface area contributed by atoms with Crippen molar-refractivity contribution < 1.29 is 4.79 Å². The summed E-state index contributed by atoms with van der Waals surface area (Å²) in [5.41, 5.74) is 4.49. The highest BCUT2D eigenvalue weighted by Gasteiger charge is 2.15. The predicted molar refractivity (Wildman–Crippen MR) is 120 cm³/mol. The lowest BCUT2D eigenvalue weighted by Crippen LogP contribution is -2.32. The lowest BCUT2D eigenvalue weighted by atomic mass is 10.1. The number of nitrogens with one attached hydrogen (secondary N) is 1. The van der Waals surface area contributed by atoms with Crippen LogP contribution in [0.3, 0.4) is 0 Å². The van der Waals surface area contributed by atoms with Gasteiger partial charge in [-0.3, -0.25) is 18.8 Å². The predicted octanol–water partition coefficient (Wildman–Crippen LogP) is 2.84. The summed E-state index contributed by atoms with van der Waals surface area (Å²) in [4.78, 5) is 27.6. The van der Waals surface area contributed by atoms with E-state index in [1.165, 1.54) is 21.6 Å². The molecular formula is C22H26N4O2S. The molecule has 1 N–H and O–H groups in total. The number of rotatable bonds is 5. The summed E-state index contributed by atoms with van der Waals surface area (Å²) in [5, 5.41) is 2.97. The van der Waals surface area contributed by atoms with Crippen LogP contribution in [-0.4, -0.2) is 44.5 Å². The first-order valence-corrected chi connectivity index (χ1v) is 11.0. The SMILES string of the molecule is Cc1cc(CN2CCSCC2)ccc1NC(=O)Cn1c(=O)n(C)c2ccccc21. The standard InChI is InChI=1S/C22H26N4O2S/c1-16-13-17(14-25-9-11-29-12-10-25)7-8-18(16)23-21(27)15-26-20-6-4-3-5-19(20)24(2)22(26)28/h3-8,13H,9-12,14-15H2,1-2H3,(H,23,27). The molecule has 0 aliphatic carbocycles. The highest BCUT2D eigenvalue weighted by molar-refractivity contribution is 7.99.